The second-order valence-electron chi connectivity index (χ2n) is 3.52. The van der Waals surface area contributed by atoms with Gasteiger partial charge in [0.25, 0.3) is 0 Å². The third kappa shape index (κ3) is 1.64. The Bertz CT molecular complexity index is 284. The van der Waals surface area contributed by atoms with Gasteiger partial charge in [-0.05, 0) is 24.1 Å². The summed E-state index contributed by atoms with van der Waals surface area (Å²) in [4.78, 5) is 1.41. The fourth-order valence-corrected chi connectivity index (χ4v) is 2.83. The lowest BCUT2D eigenvalue weighted by molar-refractivity contribution is 0.0350. The van der Waals surface area contributed by atoms with Crippen LogP contribution >= 0.6 is 11.3 Å². The molecule has 0 spiro atoms. The molecular weight excluding hydrogens is 182 g/mol. The molecule has 2 nitrogen and oxygen atoms in total. The van der Waals surface area contributed by atoms with Crippen LogP contribution in [0.15, 0.2) is 11.4 Å². The van der Waals surface area contributed by atoms with Crippen molar-refractivity contribution < 1.29 is 4.74 Å². The normalized spacial score (nSPS) is 27.2. The number of likely N-dealkylation sites (N-methyl/N-ethyl adjacent to an activating group) is 1. The zero-order valence-corrected chi connectivity index (χ0v) is 8.86. The molecular formula is C10H15NOS. The van der Waals surface area contributed by atoms with Crippen LogP contribution in [0.25, 0.3) is 0 Å². The molecule has 0 unspecified atom stereocenters. The first-order chi connectivity index (χ1) is 6.33. The van der Waals surface area contributed by atoms with Gasteiger partial charge in [-0.25, -0.2) is 0 Å². The summed E-state index contributed by atoms with van der Waals surface area (Å²) in [6.07, 6.45) is 0.274. The third-order valence-electron chi connectivity index (χ3n) is 2.49. The van der Waals surface area contributed by atoms with Gasteiger partial charge in [0.2, 0.25) is 0 Å². The summed E-state index contributed by atoms with van der Waals surface area (Å²) in [6.45, 7) is 4.00. The second kappa shape index (κ2) is 3.78. The molecule has 1 aromatic heterocycles. The Morgan fingerprint density at radius 2 is 2.54 bits per heavy atom. The first-order valence-electron chi connectivity index (χ1n) is 4.66. The van der Waals surface area contributed by atoms with E-state index in [-0.39, 0.29) is 6.10 Å². The van der Waals surface area contributed by atoms with Gasteiger partial charge in [-0.1, -0.05) is 6.92 Å². The number of hydrogen-bond acceptors (Lipinski definition) is 3. The summed E-state index contributed by atoms with van der Waals surface area (Å²) < 4.78 is 5.76. The van der Waals surface area contributed by atoms with E-state index in [9.17, 15) is 0 Å². The highest BCUT2D eigenvalue weighted by Crippen LogP contribution is 2.36. The molecule has 1 aliphatic rings. The highest BCUT2D eigenvalue weighted by Gasteiger charge is 2.25. The predicted octanol–water partition coefficient (Wildman–Crippen LogP) is 2.14. The monoisotopic (exact) mass is 197 g/mol. The smallest absolute Gasteiger partial charge is 0.104 e. The zero-order chi connectivity index (χ0) is 9.26. The highest BCUT2D eigenvalue weighted by atomic mass is 32.1. The van der Waals surface area contributed by atoms with Crippen LogP contribution in [0.5, 0.6) is 0 Å². The summed E-state index contributed by atoms with van der Waals surface area (Å²) in [5, 5.41) is 5.33. The van der Waals surface area contributed by atoms with E-state index in [4.69, 9.17) is 4.74 Å². The van der Waals surface area contributed by atoms with Crippen LogP contribution < -0.4 is 5.32 Å². The molecule has 0 fully saturated rings. The number of nitrogens with one attached hydrogen (secondary N) is 1. The molecule has 2 rings (SSSR count). The van der Waals surface area contributed by atoms with Gasteiger partial charge in [0.05, 0.1) is 6.61 Å². The van der Waals surface area contributed by atoms with Gasteiger partial charge in [0.1, 0.15) is 6.10 Å². The molecule has 1 aliphatic heterocycles. The van der Waals surface area contributed by atoms with Crippen LogP contribution in [0.1, 0.15) is 29.4 Å². The Labute approximate surface area is 82.9 Å². The summed E-state index contributed by atoms with van der Waals surface area (Å²) >= 11 is 1.81. The van der Waals surface area contributed by atoms with Crippen LogP contribution in [-0.2, 0) is 4.74 Å². The molecule has 0 saturated carbocycles. The van der Waals surface area contributed by atoms with Gasteiger partial charge >= 0.3 is 0 Å². The Kier molecular flexibility index (Phi) is 2.67. The fourth-order valence-electron chi connectivity index (χ4n) is 1.76. The van der Waals surface area contributed by atoms with Crippen molar-refractivity contribution in [3.63, 3.8) is 0 Å². The predicted molar refractivity (Wildman–Crippen MR) is 55.4 cm³/mol. The molecule has 1 aromatic rings. The standard InChI is InChI=1S/C10H15NOS/c1-7-6-12-9(5-11-2)10-8(7)3-4-13-10/h3-4,7,9,11H,5-6H2,1-2H3/t7-,9+/m0/s1. The van der Waals surface area contributed by atoms with E-state index in [1.54, 1.807) is 0 Å². The molecule has 3 heteroatoms. The molecule has 2 heterocycles. The maximum absolute atomic E-state index is 5.76. The van der Waals surface area contributed by atoms with E-state index >= 15 is 0 Å². The van der Waals surface area contributed by atoms with Gasteiger partial charge in [0, 0.05) is 17.3 Å². The summed E-state index contributed by atoms with van der Waals surface area (Å²) in [5.41, 5.74) is 1.48. The van der Waals surface area contributed by atoms with Crippen molar-refractivity contribution in [1.29, 1.82) is 0 Å². The molecule has 0 bridgehead atoms. The van der Waals surface area contributed by atoms with E-state index in [1.165, 1.54) is 10.4 Å². The topological polar surface area (TPSA) is 21.3 Å². The van der Waals surface area contributed by atoms with Crippen molar-refractivity contribution in [1.82, 2.24) is 5.32 Å². The van der Waals surface area contributed by atoms with E-state index in [1.807, 2.05) is 18.4 Å². The molecule has 2 atom stereocenters. The van der Waals surface area contributed by atoms with E-state index in [0.29, 0.717) is 5.92 Å². The van der Waals surface area contributed by atoms with Crippen LogP contribution in [0, 0.1) is 0 Å². The van der Waals surface area contributed by atoms with Crippen LogP contribution in [-0.4, -0.2) is 20.2 Å². The minimum absolute atomic E-state index is 0.274. The fraction of sp³-hybridized carbons (Fsp3) is 0.600. The van der Waals surface area contributed by atoms with Gasteiger partial charge in [-0.15, -0.1) is 11.3 Å². The zero-order valence-electron chi connectivity index (χ0n) is 8.04. The SMILES string of the molecule is CNC[C@H]1OC[C@H](C)c2ccsc21. The van der Waals surface area contributed by atoms with Crippen LogP contribution in [0.4, 0.5) is 0 Å². The van der Waals surface area contributed by atoms with Crippen LogP contribution in [0.3, 0.4) is 0 Å². The number of ether oxygens (including phenoxy) is 1. The lowest BCUT2D eigenvalue weighted by Gasteiger charge is -2.27. The molecule has 0 radical (unpaired) electrons. The Morgan fingerprint density at radius 3 is 3.31 bits per heavy atom. The van der Waals surface area contributed by atoms with Crippen molar-refractivity contribution in [3.05, 3.63) is 21.9 Å². The van der Waals surface area contributed by atoms with E-state index in [0.717, 1.165) is 13.2 Å². The Balaban J connectivity index is 2.24. The number of thiophene rings is 1. The second-order valence-corrected chi connectivity index (χ2v) is 4.47. The summed E-state index contributed by atoms with van der Waals surface area (Å²) in [7, 11) is 1.97. The number of hydrogen-bond donors (Lipinski definition) is 1. The number of rotatable bonds is 2. The highest BCUT2D eigenvalue weighted by molar-refractivity contribution is 7.10. The molecule has 13 heavy (non-hydrogen) atoms. The molecule has 0 aliphatic carbocycles. The quantitative estimate of drug-likeness (QED) is 0.784. The maximum Gasteiger partial charge on any atom is 0.104 e. The third-order valence-corrected chi connectivity index (χ3v) is 3.51. The lowest BCUT2D eigenvalue weighted by atomic mass is 9.98. The lowest BCUT2D eigenvalue weighted by Crippen LogP contribution is -2.25. The number of fused-ring (bicyclic) bond motifs is 1. The van der Waals surface area contributed by atoms with Gasteiger partial charge in [0.15, 0.2) is 0 Å². The van der Waals surface area contributed by atoms with Crippen molar-refractivity contribution in [2.75, 3.05) is 20.2 Å². The van der Waals surface area contributed by atoms with Crippen molar-refractivity contribution in [2.45, 2.75) is 18.9 Å². The molecule has 0 aromatic carbocycles. The van der Waals surface area contributed by atoms with Crippen molar-refractivity contribution in [2.24, 2.45) is 0 Å². The van der Waals surface area contributed by atoms with Gasteiger partial charge in [-0.3, -0.25) is 0 Å². The summed E-state index contributed by atoms with van der Waals surface area (Å²) in [5.74, 6) is 0.564. The largest absolute Gasteiger partial charge is 0.371 e. The first kappa shape index (κ1) is 9.19. The van der Waals surface area contributed by atoms with Crippen molar-refractivity contribution in [3.8, 4) is 0 Å². The average Bonchev–Trinajstić information content (AvgIpc) is 2.59. The maximum atomic E-state index is 5.76. The Morgan fingerprint density at radius 1 is 1.69 bits per heavy atom. The Hall–Kier alpha value is -0.380. The van der Waals surface area contributed by atoms with Gasteiger partial charge in [-0.2, -0.15) is 0 Å². The van der Waals surface area contributed by atoms with Crippen LogP contribution in [0.2, 0.25) is 0 Å². The summed E-state index contributed by atoms with van der Waals surface area (Å²) in [6, 6.07) is 2.23. The minimum Gasteiger partial charge on any atom is -0.371 e. The van der Waals surface area contributed by atoms with E-state index in [2.05, 4.69) is 23.7 Å². The molecule has 72 valence electrons. The van der Waals surface area contributed by atoms with Gasteiger partial charge < -0.3 is 10.1 Å². The minimum atomic E-state index is 0.274. The molecule has 0 amide bonds. The van der Waals surface area contributed by atoms with E-state index < -0.39 is 0 Å². The molecule has 0 saturated heterocycles. The molecule has 1 N–H and O–H groups in total. The van der Waals surface area contributed by atoms with Crippen molar-refractivity contribution >= 4 is 11.3 Å². The average molecular weight is 197 g/mol. The first-order valence-corrected chi connectivity index (χ1v) is 5.54.